The van der Waals surface area contributed by atoms with Gasteiger partial charge in [0.05, 0.1) is 12.8 Å². The van der Waals surface area contributed by atoms with Gasteiger partial charge in [0, 0.05) is 19.7 Å². The van der Waals surface area contributed by atoms with E-state index in [0.717, 1.165) is 0 Å². The number of nitrogens with one attached hydrogen (secondary N) is 2. The first-order valence-corrected chi connectivity index (χ1v) is 4.62. The van der Waals surface area contributed by atoms with Gasteiger partial charge < -0.3 is 15.8 Å². The van der Waals surface area contributed by atoms with Crippen LogP contribution in [0.15, 0.2) is 6.20 Å². The van der Waals surface area contributed by atoms with E-state index >= 15 is 0 Å². The highest BCUT2D eigenvalue weighted by Gasteiger charge is 2.08. The molecule has 7 heteroatoms. The zero-order valence-electron chi connectivity index (χ0n) is 8.56. The first kappa shape index (κ1) is 11.6. The third-order valence-corrected chi connectivity index (χ3v) is 1.83. The molecule has 4 N–H and O–H groups in total. The van der Waals surface area contributed by atoms with Crippen molar-refractivity contribution in [2.75, 3.05) is 20.3 Å². The van der Waals surface area contributed by atoms with Crippen LogP contribution < -0.4 is 11.1 Å². The van der Waals surface area contributed by atoms with Gasteiger partial charge in [0.1, 0.15) is 0 Å². The van der Waals surface area contributed by atoms with Crippen LogP contribution in [0.1, 0.15) is 16.9 Å². The largest absolute Gasteiger partial charge is 0.383 e. The van der Waals surface area contributed by atoms with Gasteiger partial charge in [-0.05, 0) is 6.42 Å². The van der Waals surface area contributed by atoms with Gasteiger partial charge in [-0.2, -0.15) is 15.4 Å². The van der Waals surface area contributed by atoms with Crippen LogP contribution >= 0.6 is 0 Å². The van der Waals surface area contributed by atoms with Gasteiger partial charge in [-0.25, -0.2) is 0 Å². The summed E-state index contributed by atoms with van der Waals surface area (Å²) in [5.74, 6) is -0.256. The fourth-order valence-corrected chi connectivity index (χ4v) is 1.07. The number of methoxy groups -OCH3 is 1. The normalized spacial score (nSPS) is 12.4. The van der Waals surface area contributed by atoms with Crippen molar-refractivity contribution in [3.8, 4) is 0 Å². The number of carbonyl (C=O) groups is 1. The van der Waals surface area contributed by atoms with E-state index in [1.165, 1.54) is 6.20 Å². The van der Waals surface area contributed by atoms with Crippen molar-refractivity contribution in [3.63, 3.8) is 0 Å². The maximum Gasteiger partial charge on any atom is 0.273 e. The van der Waals surface area contributed by atoms with E-state index in [1.54, 1.807) is 7.11 Å². The van der Waals surface area contributed by atoms with E-state index in [1.807, 2.05) is 0 Å². The van der Waals surface area contributed by atoms with Crippen molar-refractivity contribution >= 4 is 5.91 Å². The summed E-state index contributed by atoms with van der Waals surface area (Å²) >= 11 is 0. The molecule has 1 amide bonds. The first-order chi connectivity index (χ1) is 7.24. The number of ether oxygens (including phenoxy) is 1. The highest BCUT2D eigenvalue weighted by atomic mass is 16.5. The van der Waals surface area contributed by atoms with Crippen LogP contribution in [-0.2, 0) is 4.74 Å². The van der Waals surface area contributed by atoms with Crippen LogP contribution in [0.5, 0.6) is 0 Å². The molecule has 0 spiro atoms. The lowest BCUT2D eigenvalue weighted by Crippen LogP contribution is -2.33. The minimum Gasteiger partial charge on any atom is -0.383 e. The molecule has 0 aliphatic heterocycles. The Morgan fingerprint density at radius 3 is 3.20 bits per heavy atom. The van der Waals surface area contributed by atoms with Crippen LogP contribution in [-0.4, -0.2) is 47.6 Å². The van der Waals surface area contributed by atoms with E-state index in [-0.39, 0.29) is 17.6 Å². The van der Waals surface area contributed by atoms with Gasteiger partial charge in [-0.15, -0.1) is 0 Å². The maximum atomic E-state index is 11.3. The third-order valence-electron chi connectivity index (χ3n) is 1.83. The highest BCUT2D eigenvalue weighted by Crippen LogP contribution is 1.90. The molecule has 0 aliphatic rings. The zero-order chi connectivity index (χ0) is 11.1. The molecule has 1 rings (SSSR count). The average molecular weight is 213 g/mol. The van der Waals surface area contributed by atoms with Gasteiger partial charge in [-0.3, -0.25) is 4.79 Å². The van der Waals surface area contributed by atoms with Crippen molar-refractivity contribution in [2.24, 2.45) is 5.73 Å². The summed E-state index contributed by atoms with van der Waals surface area (Å²) in [7, 11) is 1.59. The average Bonchev–Trinajstić information content (AvgIpc) is 2.70. The monoisotopic (exact) mass is 213 g/mol. The van der Waals surface area contributed by atoms with E-state index in [0.29, 0.717) is 19.6 Å². The minimum atomic E-state index is -0.256. The van der Waals surface area contributed by atoms with Gasteiger partial charge >= 0.3 is 0 Å². The summed E-state index contributed by atoms with van der Waals surface area (Å²) in [5.41, 5.74) is 5.95. The Hall–Kier alpha value is -1.47. The van der Waals surface area contributed by atoms with E-state index in [4.69, 9.17) is 10.5 Å². The van der Waals surface area contributed by atoms with Crippen molar-refractivity contribution in [1.82, 2.24) is 20.7 Å². The number of nitrogens with zero attached hydrogens (tertiary/aromatic N) is 2. The van der Waals surface area contributed by atoms with Crippen LogP contribution in [0.25, 0.3) is 0 Å². The molecule has 84 valence electrons. The fourth-order valence-electron chi connectivity index (χ4n) is 1.07. The number of hydrogen-bond donors (Lipinski definition) is 3. The molecule has 1 atom stereocenters. The molecule has 1 aromatic heterocycles. The van der Waals surface area contributed by atoms with E-state index in [9.17, 15) is 4.79 Å². The number of aromatic nitrogens is 3. The quantitative estimate of drug-likeness (QED) is 0.556. The number of nitrogens with two attached hydrogens (primary N) is 1. The van der Waals surface area contributed by atoms with Crippen LogP contribution in [0.2, 0.25) is 0 Å². The number of carbonyl (C=O) groups excluding carboxylic acids is 1. The second-order valence-corrected chi connectivity index (χ2v) is 3.12. The number of aromatic amines is 1. The maximum absolute atomic E-state index is 11.3. The smallest absolute Gasteiger partial charge is 0.273 e. The predicted octanol–water partition coefficient (Wildman–Crippen LogP) is -1.10. The Balaban J connectivity index is 2.18. The van der Waals surface area contributed by atoms with Gasteiger partial charge in [0.2, 0.25) is 0 Å². The number of amides is 1. The minimum absolute atomic E-state index is 0.0624. The molecule has 0 radical (unpaired) electrons. The Bertz CT molecular complexity index is 287. The van der Waals surface area contributed by atoms with Crippen LogP contribution in [0.3, 0.4) is 0 Å². The van der Waals surface area contributed by atoms with Gasteiger partial charge in [-0.1, -0.05) is 0 Å². The summed E-state index contributed by atoms with van der Waals surface area (Å²) in [6, 6.07) is -0.0624. The van der Waals surface area contributed by atoms with Crippen LogP contribution in [0, 0.1) is 0 Å². The molecule has 0 bridgehead atoms. The van der Waals surface area contributed by atoms with Gasteiger partial charge in [0.15, 0.2) is 5.69 Å². The summed E-state index contributed by atoms with van der Waals surface area (Å²) in [4.78, 5) is 11.3. The van der Waals surface area contributed by atoms with Crippen molar-refractivity contribution in [3.05, 3.63) is 11.9 Å². The molecular weight excluding hydrogens is 198 g/mol. The molecule has 7 nitrogen and oxygen atoms in total. The Labute approximate surface area is 87.4 Å². The standard InChI is InChI=1S/C8H15N5O2/c1-15-5-6(9)2-3-10-8(14)7-4-11-13-12-7/h4,6H,2-3,5,9H2,1H3,(H,10,14)(H,11,12,13). The lowest BCUT2D eigenvalue weighted by Gasteiger charge is -2.09. The summed E-state index contributed by atoms with van der Waals surface area (Å²) in [5, 5.41) is 12.2. The molecule has 1 heterocycles. The lowest BCUT2D eigenvalue weighted by molar-refractivity contribution is 0.0945. The second-order valence-electron chi connectivity index (χ2n) is 3.12. The molecule has 1 aromatic rings. The first-order valence-electron chi connectivity index (χ1n) is 4.62. The Morgan fingerprint density at radius 2 is 2.60 bits per heavy atom. The lowest BCUT2D eigenvalue weighted by atomic mass is 10.2. The summed E-state index contributed by atoms with van der Waals surface area (Å²) in [6.45, 7) is 0.982. The Kier molecular flexibility index (Phi) is 4.72. The molecule has 0 aliphatic carbocycles. The Morgan fingerprint density at radius 1 is 1.80 bits per heavy atom. The second kappa shape index (κ2) is 6.10. The number of H-pyrrole nitrogens is 1. The number of rotatable bonds is 6. The fraction of sp³-hybridized carbons (Fsp3) is 0.625. The van der Waals surface area contributed by atoms with Crippen LogP contribution in [0.4, 0.5) is 0 Å². The number of hydrogen-bond acceptors (Lipinski definition) is 5. The van der Waals surface area contributed by atoms with Gasteiger partial charge in [0.25, 0.3) is 5.91 Å². The van der Waals surface area contributed by atoms with E-state index in [2.05, 4.69) is 20.7 Å². The molecule has 0 aromatic carbocycles. The van der Waals surface area contributed by atoms with Crippen molar-refractivity contribution in [2.45, 2.75) is 12.5 Å². The SMILES string of the molecule is COCC(N)CCNC(=O)c1cn[nH]n1. The zero-order valence-corrected chi connectivity index (χ0v) is 8.56. The van der Waals surface area contributed by atoms with Crippen molar-refractivity contribution in [1.29, 1.82) is 0 Å². The molecule has 15 heavy (non-hydrogen) atoms. The third kappa shape index (κ3) is 4.05. The molecule has 0 saturated carbocycles. The topological polar surface area (TPSA) is 106 Å². The van der Waals surface area contributed by atoms with Crippen molar-refractivity contribution < 1.29 is 9.53 Å². The summed E-state index contributed by atoms with van der Waals surface area (Å²) < 4.78 is 4.87. The highest BCUT2D eigenvalue weighted by molar-refractivity contribution is 5.91. The van der Waals surface area contributed by atoms with E-state index < -0.39 is 0 Å². The molecule has 0 fully saturated rings. The molecule has 0 saturated heterocycles. The molecule has 1 unspecified atom stereocenters. The predicted molar refractivity (Wildman–Crippen MR) is 53.2 cm³/mol. The molecular formula is C8H15N5O2. The summed E-state index contributed by atoms with van der Waals surface area (Å²) in [6.07, 6.45) is 2.03.